The van der Waals surface area contributed by atoms with Crippen LogP contribution in [-0.2, 0) is 20.9 Å². The Morgan fingerprint density at radius 3 is 2.74 bits per heavy atom. The van der Waals surface area contributed by atoms with E-state index < -0.39 is 0 Å². The smallest absolute Gasteiger partial charge is 0.228 e. The monoisotopic (exact) mass is 377 g/mol. The predicted octanol–water partition coefficient (Wildman–Crippen LogP) is 2.45. The third-order valence-corrected chi connectivity index (χ3v) is 5.89. The molecule has 150 valence electrons. The molecule has 3 saturated heterocycles. The Morgan fingerprint density at radius 2 is 2.04 bits per heavy atom. The second-order valence-corrected chi connectivity index (χ2v) is 7.80. The lowest BCUT2D eigenvalue weighted by Gasteiger charge is -2.35. The number of methoxy groups -OCH3 is 1. The van der Waals surface area contributed by atoms with Crippen molar-refractivity contribution < 1.29 is 18.8 Å². The Labute approximate surface area is 161 Å². The van der Waals surface area contributed by atoms with E-state index in [1.54, 1.807) is 7.11 Å². The zero-order chi connectivity index (χ0) is 19.4. The van der Waals surface area contributed by atoms with Gasteiger partial charge in [0.15, 0.2) is 0 Å². The highest BCUT2D eigenvalue weighted by atomic mass is 16.5. The van der Waals surface area contributed by atoms with E-state index in [1.807, 2.05) is 23.6 Å². The Kier molecular flexibility index (Phi) is 6.52. The van der Waals surface area contributed by atoms with Crippen molar-refractivity contribution in [2.75, 3.05) is 26.8 Å². The Bertz CT molecular complexity index is 653. The lowest BCUT2D eigenvalue weighted by atomic mass is 9.93. The summed E-state index contributed by atoms with van der Waals surface area (Å²) in [6.45, 7) is 6.27. The minimum absolute atomic E-state index is 0.0818. The summed E-state index contributed by atoms with van der Waals surface area (Å²) < 4.78 is 10.3. The first-order chi connectivity index (χ1) is 13.0. The number of ether oxygens (including phenoxy) is 1. The number of aryl methyl sites for hydroxylation is 2. The molecule has 0 unspecified atom stereocenters. The van der Waals surface area contributed by atoms with Crippen LogP contribution < -0.4 is 0 Å². The Hall–Kier alpha value is -1.89. The third-order valence-electron chi connectivity index (χ3n) is 5.89. The van der Waals surface area contributed by atoms with Crippen LogP contribution in [0, 0.1) is 19.8 Å². The number of aromatic nitrogens is 1. The van der Waals surface area contributed by atoms with E-state index >= 15 is 0 Å². The van der Waals surface area contributed by atoms with Crippen LogP contribution >= 0.6 is 0 Å². The summed E-state index contributed by atoms with van der Waals surface area (Å²) in [6, 6.07) is 0.0855. The van der Waals surface area contributed by atoms with Crippen molar-refractivity contribution in [3.8, 4) is 0 Å². The van der Waals surface area contributed by atoms with Gasteiger partial charge in [0.05, 0.1) is 18.2 Å². The number of carbonyl (C=O) groups is 2. The first-order valence-corrected chi connectivity index (χ1v) is 10.00. The average Bonchev–Trinajstić information content (AvgIpc) is 2.82. The molecule has 7 heteroatoms. The summed E-state index contributed by atoms with van der Waals surface area (Å²) >= 11 is 0. The maximum Gasteiger partial charge on any atom is 0.228 e. The molecule has 0 aromatic carbocycles. The molecule has 27 heavy (non-hydrogen) atoms. The Balaban J connectivity index is 1.62. The van der Waals surface area contributed by atoms with Gasteiger partial charge in [0.2, 0.25) is 11.8 Å². The Morgan fingerprint density at radius 1 is 1.22 bits per heavy atom. The van der Waals surface area contributed by atoms with Gasteiger partial charge < -0.3 is 19.1 Å². The SMILES string of the molecule is COCCCCCC(=O)N1C[C@@H]2CC[C@H](C1)N(Cc1c(C)noc1C)C2=O. The minimum Gasteiger partial charge on any atom is -0.385 e. The lowest BCUT2D eigenvalue weighted by Crippen LogP contribution is -2.47. The molecule has 2 bridgehead atoms. The van der Waals surface area contributed by atoms with Gasteiger partial charge in [-0.25, -0.2) is 0 Å². The molecular weight excluding hydrogens is 346 g/mol. The summed E-state index contributed by atoms with van der Waals surface area (Å²) in [5.74, 6) is 1.03. The number of carbonyl (C=O) groups excluding carboxylic acids is 2. The van der Waals surface area contributed by atoms with Crippen molar-refractivity contribution in [1.29, 1.82) is 0 Å². The first-order valence-electron chi connectivity index (χ1n) is 10.00. The molecule has 2 atom stereocenters. The van der Waals surface area contributed by atoms with Gasteiger partial charge >= 0.3 is 0 Å². The zero-order valence-corrected chi connectivity index (χ0v) is 16.7. The van der Waals surface area contributed by atoms with Gasteiger partial charge in [-0.05, 0) is 39.5 Å². The fourth-order valence-electron chi connectivity index (χ4n) is 4.21. The molecule has 0 radical (unpaired) electrons. The number of hydrogen-bond acceptors (Lipinski definition) is 5. The van der Waals surface area contributed by atoms with Gasteiger partial charge in [-0.15, -0.1) is 0 Å². The molecule has 0 N–H and O–H groups in total. The van der Waals surface area contributed by atoms with Crippen LogP contribution in [0.5, 0.6) is 0 Å². The maximum atomic E-state index is 13.0. The summed E-state index contributed by atoms with van der Waals surface area (Å²) in [4.78, 5) is 29.5. The largest absolute Gasteiger partial charge is 0.385 e. The van der Waals surface area contributed by atoms with Crippen molar-refractivity contribution in [3.05, 3.63) is 17.0 Å². The number of piperidine rings is 1. The van der Waals surface area contributed by atoms with E-state index in [0.29, 0.717) is 26.1 Å². The molecule has 0 saturated carbocycles. The molecule has 3 aliphatic heterocycles. The summed E-state index contributed by atoms with van der Waals surface area (Å²) in [6.07, 6.45) is 5.25. The van der Waals surface area contributed by atoms with Crippen LogP contribution in [-0.4, -0.2) is 59.6 Å². The fraction of sp³-hybridized carbons (Fsp3) is 0.750. The molecule has 3 fully saturated rings. The van der Waals surface area contributed by atoms with Crippen LogP contribution in [0.15, 0.2) is 4.52 Å². The topological polar surface area (TPSA) is 75.9 Å². The molecule has 1 aromatic heterocycles. The number of fused-ring (bicyclic) bond motifs is 4. The van der Waals surface area contributed by atoms with Gasteiger partial charge in [0, 0.05) is 44.8 Å². The number of unbranched alkanes of at least 4 members (excludes halogenated alkanes) is 2. The summed E-state index contributed by atoms with van der Waals surface area (Å²) in [5.41, 5.74) is 1.83. The summed E-state index contributed by atoms with van der Waals surface area (Å²) in [7, 11) is 1.70. The standard InChI is InChI=1S/C20H31N3O4/c1-14-18(15(2)27-21-14)13-23-17-9-8-16(20(23)25)11-22(12-17)19(24)7-5-4-6-10-26-3/h16-17H,4-13H2,1-3H3/t16-,17+/m0/s1. The van der Waals surface area contributed by atoms with Crippen molar-refractivity contribution in [2.45, 2.75) is 65.0 Å². The van der Waals surface area contributed by atoms with E-state index in [-0.39, 0.29) is 23.8 Å². The van der Waals surface area contributed by atoms with E-state index in [0.717, 1.165) is 55.7 Å². The number of rotatable bonds is 8. The average molecular weight is 377 g/mol. The van der Waals surface area contributed by atoms with Crippen LogP contribution in [0.2, 0.25) is 0 Å². The van der Waals surface area contributed by atoms with Gasteiger partial charge in [0.1, 0.15) is 5.76 Å². The molecular formula is C20H31N3O4. The molecule has 7 nitrogen and oxygen atoms in total. The lowest BCUT2D eigenvalue weighted by molar-refractivity contribution is -0.140. The molecule has 3 aliphatic rings. The van der Waals surface area contributed by atoms with E-state index in [1.165, 1.54) is 0 Å². The van der Waals surface area contributed by atoms with Crippen molar-refractivity contribution in [3.63, 3.8) is 0 Å². The highest BCUT2D eigenvalue weighted by Gasteiger charge is 2.42. The second-order valence-electron chi connectivity index (χ2n) is 7.80. The fourth-order valence-corrected chi connectivity index (χ4v) is 4.21. The maximum absolute atomic E-state index is 13.0. The van der Waals surface area contributed by atoms with E-state index in [9.17, 15) is 9.59 Å². The third kappa shape index (κ3) is 4.51. The quantitative estimate of drug-likeness (QED) is 0.651. The van der Waals surface area contributed by atoms with Crippen LogP contribution in [0.1, 0.15) is 55.5 Å². The number of hydrogen-bond donors (Lipinski definition) is 0. The molecule has 1 aromatic rings. The van der Waals surface area contributed by atoms with Gasteiger partial charge in [-0.1, -0.05) is 11.6 Å². The molecule has 0 spiro atoms. The van der Waals surface area contributed by atoms with Gasteiger partial charge in [-0.3, -0.25) is 9.59 Å². The molecule has 4 heterocycles. The van der Waals surface area contributed by atoms with Crippen molar-refractivity contribution in [1.82, 2.24) is 15.0 Å². The molecule has 2 amide bonds. The van der Waals surface area contributed by atoms with Crippen LogP contribution in [0.3, 0.4) is 0 Å². The first kappa shape index (κ1) is 19.9. The number of amides is 2. The van der Waals surface area contributed by atoms with Gasteiger partial charge in [0.25, 0.3) is 0 Å². The van der Waals surface area contributed by atoms with Crippen molar-refractivity contribution >= 4 is 11.8 Å². The van der Waals surface area contributed by atoms with Gasteiger partial charge in [-0.2, -0.15) is 0 Å². The normalized spacial score (nSPS) is 22.4. The van der Waals surface area contributed by atoms with E-state index in [2.05, 4.69) is 5.16 Å². The second kappa shape index (κ2) is 8.87. The molecule has 0 aliphatic carbocycles. The van der Waals surface area contributed by atoms with E-state index in [4.69, 9.17) is 9.26 Å². The predicted molar refractivity (Wildman–Crippen MR) is 100.0 cm³/mol. The highest BCUT2D eigenvalue weighted by Crippen LogP contribution is 2.31. The number of nitrogens with zero attached hydrogens (tertiary/aromatic N) is 3. The van der Waals surface area contributed by atoms with Crippen LogP contribution in [0.25, 0.3) is 0 Å². The van der Waals surface area contributed by atoms with Crippen LogP contribution in [0.4, 0.5) is 0 Å². The highest BCUT2D eigenvalue weighted by molar-refractivity contribution is 5.83. The minimum atomic E-state index is -0.0818. The van der Waals surface area contributed by atoms with Crippen molar-refractivity contribution in [2.24, 2.45) is 5.92 Å². The summed E-state index contributed by atoms with van der Waals surface area (Å²) in [5, 5.41) is 4.00. The molecule has 4 rings (SSSR count). The zero-order valence-electron chi connectivity index (χ0n) is 16.7.